The minimum absolute atomic E-state index is 0.235. The van der Waals surface area contributed by atoms with Crippen LogP contribution in [0.1, 0.15) is 20.3 Å². The molecule has 0 saturated heterocycles. The monoisotopic (exact) mass is 402 g/mol. The van der Waals surface area contributed by atoms with Crippen molar-refractivity contribution in [3.05, 3.63) is 30.3 Å². The number of fused-ring (bicyclic) bond motifs is 1. The minimum atomic E-state index is -0.314. The second-order valence-corrected chi connectivity index (χ2v) is 7.02. The molecule has 3 aromatic rings. The van der Waals surface area contributed by atoms with Gasteiger partial charge in [0.25, 0.3) is 0 Å². The molecule has 0 bridgehead atoms. The van der Waals surface area contributed by atoms with E-state index in [9.17, 15) is 4.79 Å². The topological polar surface area (TPSA) is 87.8 Å². The number of esters is 1. The zero-order valence-corrected chi connectivity index (χ0v) is 17.0. The summed E-state index contributed by atoms with van der Waals surface area (Å²) in [5.74, 6) is 1.56. The normalized spacial score (nSPS) is 12.0. The van der Waals surface area contributed by atoms with Gasteiger partial charge in [0.1, 0.15) is 10.3 Å². The molecular formula is C19H22N4O4S. The molecule has 0 saturated carbocycles. The highest BCUT2D eigenvalue weighted by atomic mass is 32.2. The van der Waals surface area contributed by atoms with Crippen molar-refractivity contribution in [2.45, 2.75) is 30.5 Å². The molecule has 9 heteroatoms. The molecule has 1 atom stereocenters. The fourth-order valence-corrected chi connectivity index (χ4v) is 3.57. The molecule has 3 rings (SSSR count). The van der Waals surface area contributed by atoms with Crippen LogP contribution in [-0.4, -0.2) is 51.9 Å². The van der Waals surface area contributed by atoms with E-state index in [0.717, 1.165) is 5.56 Å². The van der Waals surface area contributed by atoms with E-state index >= 15 is 0 Å². The Morgan fingerprint density at radius 1 is 1.11 bits per heavy atom. The van der Waals surface area contributed by atoms with E-state index in [1.165, 1.54) is 11.8 Å². The molecule has 0 aliphatic carbocycles. The van der Waals surface area contributed by atoms with Crippen molar-refractivity contribution >= 4 is 23.4 Å². The molecule has 0 amide bonds. The first-order valence-electron chi connectivity index (χ1n) is 8.89. The summed E-state index contributed by atoms with van der Waals surface area (Å²) < 4.78 is 17.4. The van der Waals surface area contributed by atoms with Crippen LogP contribution in [0, 0.1) is 0 Å². The van der Waals surface area contributed by atoms with Crippen molar-refractivity contribution in [2.24, 2.45) is 0 Å². The Kier molecular flexibility index (Phi) is 6.35. The lowest BCUT2D eigenvalue weighted by Gasteiger charge is -2.12. The SMILES string of the molecule is CCOC(=O)[C@H](CC)Sc1ccc2nnc(-c3ccc(OC)c(OC)c3)n2n1. The van der Waals surface area contributed by atoms with Crippen LogP contribution in [0.2, 0.25) is 0 Å². The van der Waals surface area contributed by atoms with E-state index in [-0.39, 0.29) is 11.2 Å². The summed E-state index contributed by atoms with van der Waals surface area (Å²) in [5, 5.41) is 13.4. The van der Waals surface area contributed by atoms with Crippen LogP contribution in [-0.2, 0) is 9.53 Å². The molecule has 0 unspecified atom stereocenters. The van der Waals surface area contributed by atoms with Crippen LogP contribution >= 0.6 is 11.8 Å². The first kappa shape index (κ1) is 19.9. The van der Waals surface area contributed by atoms with E-state index in [4.69, 9.17) is 14.2 Å². The number of carbonyl (C=O) groups excluding carboxylic acids is 1. The van der Waals surface area contributed by atoms with Gasteiger partial charge in [0.05, 0.1) is 20.8 Å². The quantitative estimate of drug-likeness (QED) is 0.419. The van der Waals surface area contributed by atoms with Crippen molar-refractivity contribution in [3.8, 4) is 22.9 Å². The summed E-state index contributed by atoms with van der Waals surface area (Å²) >= 11 is 1.37. The summed E-state index contributed by atoms with van der Waals surface area (Å²) in [6.45, 7) is 4.10. The zero-order chi connectivity index (χ0) is 20.1. The lowest BCUT2D eigenvalue weighted by Crippen LogP contribution is -2.19. The van der Waals surface area contributed by atoms with Gasteiger partial charge >= 0.3 is 5.97 Å². The Labute approximate surface area is 167 Å². The number of hydrogen-bond donors (Lipinski definition) is 0. The third-order valence-corrected chi connectivity index (χ3v) is 5.33. The van der Waals surface area contributed by atoms with Gasteiger partial charge in [0.15, 0.2) is 23.0 Å². The summed E-state index contributed by atoms with van der Waals surface area (Å²) in [4.78, 5) is 12.1. The van der Waals surface area contributed by atoms with Crippen LogP contribution < -0.4 is 9.47 Å². The number of ether oxygens (including phenoxy) is 3. The smallest absolute Gasteiger partial charge is 0.319 e. The largest absolute Gasteiger partial charge is 0.493 e. The Balaban J connectivity index is 1.96. The van der Waals surface area contributed by atoms with Gasteiger partial charge in [-0.15, -0.1) is 10.2 Å². The first-order valence-corrected chi connectivity index (χ1v) is 9.77. The molecule has 2 heterocycles. The number of aromatic nitrogens is 4. The number of rotatable bonds is 8. The fraction of sp³-hybridized carbons (Fsp3) is 0.368. The minimum Gasteiger partial charge on any atom is -0.493 e. The molecule has 148 valence electrons. The van der Waals surface area contributed by atoms with E-state index < -0.39 is 0 Å². The number of thioether (sulfide) groups is 1. The summed E-state index contributed by atoms with van der Waals surface area (Å²) in [7, 11) is 3.17. The maximum absolute atomic E-state index is 12.1. The molecule has 0 radical (unpaired) electrons. The van der Waals surface area contributed by atoms with Gasteiger partial charge in [-0.2, -0.15) is 9.61 Å². The number of methoxy groups -OCH3 is 2. The van der Waals surface area contributed by atoms with Crippen molar-refractivity contribution in [1.82, 2.24) is 19.8 Å². The highest BCUT2D eigenvalue weighted by Crippen LogP contribution is 2.32. The van der Waals surface area contributed by atoms with E-state index in [1.807, 2.05) is 37.3 Å². The van der Waals surface area contributed by atoms with Crippen LogP contribution in [0.3, 0.4) is 0 Å². The average molecular weight is 402 g/mol. The molecule has 8 nitrogen and oxygen atoms in total. The van der Waals surface area contributed by atoms with E-state index in [1.54, 1.807) is 25.7 Å². The van der Waals surface area contributed by atoms with E-state index in [0.29, 0.717) is 41.0 Å². The van der Waals surface area contributed by atoms with Gasteiger partial charge in [-0.05, 0) is 43.7 Å². The van der Waals surface area contributed by atoms with Crippen LogP contribution in [0.25, 0.3) is 17.0 Å². The molecule has 1 aromatic carbocycles. The summed E-state index contributed by atoms with van der Waals surface area (Å²) in [5.41, 5.74) is 1.40. The van der Waals surface area contributed by atoms with Crippen molar-refractivity contribution in [3.63, 3.8) is 0 Å². The number of carbonyl (C=O) groups is 1. The Hall–Kier alpha value is -2.81. The fourth-order valence-electron chi connectivity index (χ4n) is 2.67. The van der Waals surface area contributed by atoms with Gasteiger partial charge in [0.2, 0.25) is 0 Å². The first-order chi connectivity index (χ1) is 13.6. The maximum Gasteiger partial charge on any atom is 0.319 e. The maximum atomic E-state index is 12.1. The lowest BCUT2D eigenvalue weighted by molar-refractivity contribution is -0.142. The van der Waals surface area contributed by atoms with Crippen molar-refractivity contribution in [1.29, 1.82) is 0 Å². The molecular weight excluding hydrogens is 380 g/mol. The van der Waals surface area contributed by atoms with Crippen molar-refractivity contribution in [2.75, 3.05) is 20.8 Å². The number of benzene rings is 1. The summed E-state index contributed by atoms with van der Waals surface area (Å²) in [6, 6.07) is 9.15. The highest BCUT2D eigenvalue weighted by molar-refractivity contribution is 8.00. The van der Waals surface area contributed by atoms with Crippen LogP contribution in [0.5, 0.6) is 11.5 Å². The second-order valence-electron chi connectivity index (χ2n) is 5.80. The van der Waals surface area contributed by atoms with Crippen LogP contribution in [0.4, 0.5) is 0 Å². The number of nitrogens with zero attached hydrogens (tertiary/aromatic N) is 4. The molecule has 0 aliphatic heterocycles. The van der Waals surface area contributed by atoms with Gasteiger partial charge in [0, 0.05) is 5.56 Å². The highest BCUT2D eigenvalue weighted by Gasteiger charge is 2.21. The third-order valence-electron chi connectivity index (χ3n) is 4.06. The molecule has 0 aliphatic rings. The van der Waals surface area contributed by atoms with Crippen LogP contribution in [0.15, 0.2) is 35.4 Å². The zero-order valence-electron chi connectivity index (χ0n) is 16.2. The molecule has 0 N–H and O–H groups in total. The standard InChI is InChI=1S/C19H22N4O4S/c1-5-15(19(24)27-6-2)28-17-10-9-16-20-21-18(23(16)22-17)12-7-8-13(25-3)14(11-12)26-4/h7-11,15H,5-6H2,1-4H3/t15-/m0/s1. The molecule has 0 fully saturated rings. The van der Waals surface area contributed by atoms with Crippen molar-refractivity contribution < 1.29 is 19.0 Å². The second kappa shape index (κ2) is 8.92. The third kappa shape index (κ3) is 4.04. The lowest BCUT2D eigenvalue weighted by atomic mass is 10.2. The molecule has 28 heavy (non-hydrogen) atoms. The predicted octanol–water partition coefficient (Wildman–Crippen LogP) is 3.24. The number of hydrogen-bond acceptors (Lipinski definition) is 8. The Bertz CT molecular complexity index is 976. The van der Waals surface area contributed by atoms with Gasteiger partial charge in [-0.25, -0.2) is 0 Å². The Morgan fingerprint density at radius 2 is 1.89 bits per heavy atom. The molecule has 0 spiro atoms. The van der Waals surface area contributed by atoms with Gasteiger partial charge in [-0.1, -0.05) is 18.7 Å². The Morgan fingerprint density at radius 3 is 2.57 bits per heavy atom. The van der Waals surface area contributed by atoms with Gasteiger partial charge < -0.3 is 14.2 Å². The van der Waals surface area contributed by atoms with E-state index in [2.05, 4.69) is 15.3 Å². The predicted molar refractivity (Wildman–Crippen MR) is 106 cm³/mol. The summed E-state index contributed by atoms with van der Waals surface area (Å²) in [6.07, 6.45) is 0.647. The average Bonchev–Trinajstić information content (AvgIpc) is 3.14. The van der Waals surface area contributed by atoms with Gasteiger partial charge in [-0.3, -0.25) is 4.79 Å². The molecule has 2 aromatic heterocycles.